The number of benzene rings is 1. The first-order valence-corrected chi connectivity index (χ1v) is 7.18. The van der Waals surface area contributed by atoms with Gasteiger partial charge in [0, 0.05) is 6.42 Å². The van der Waals surface area contributed by atoms with E-state index in [1.807, 2.05) is 30.3 Å². The number of carbonyl (C=O) groups is 1. The third-order valence-electron chi connectivity index (χ3n) is 3.79. The number of carbonyl (C=O) groups excluding carboxylic acids is 1. The number of nitrogens with one attached hydrogen (secondary N) is 1. The molecule has 1 aromatic carbocycles. The van der Waals surface area contributed by atoms with Gasteiger partial charge in [0.1, 0.15) is 0 Å². The second-order valence-corrected chi connectivity index (χ2v) is 5.63. The molecule has 1 fully saturated rings. The smallest absolute Gasteiger partial charge is 0.221 e. The predicted octanol–water partition coefficient (Wildman–Crippen LogP) is 2.33. The van der Waals surface area contributed by atoms with Crippen LogP contribution in [0.1, 0.15) is 37.7 Å². The number of hydrogen-bond acceptors (Lipinski definition) is 2. The largest absolute Gasteiger partial charge is 0.391 e. The molecule has 1 aliphatic carbocycles. The molecule has 0 radical (unpaired) electrons. The zero-order valence-electron chi connectivity index (χ0n) is 11.0. The highest BCUT2D eigenvalue weighted by Gasteiger charge is 2.37. The first-order valence-electron chi connectivity index (χ1n) is 6.77. The third-order valence-corrected chi connectivity index (χ3v) is 4.18. The molecule has 1 amide bonds. The van der Waals surface area contributed by atoms with Gasteiger partial charge in [0.15, 0.2) is 0 Å². The number of aryl methyl sites for hydroxylation is 1. The summed E-state index contributed by atoms with van der Waals surface area (Å²) in [5.41, 5.74) is 6.55. The molecule has 2 rings (SSSR count). The Kier molecular flexibility index (Phi) is 4.53. The summed E-state index contributed by atoms with van der Waals surface area (Å²) in [7, 11) is 0. The van der Waals surface area contributed by atoms with Crippen LogP contribution in [0, 0.1) is 0 Å². The van der Waals surface area contributed by atoms with Gasteiger partial charge in [0.25, 0.3) is 0 Å². The SMILES string of the molecule is NC(=S)C1(NC(=O)CCc2ccccc2)CCCC1. The van der Waals surface area contributed by atoms with Crippen molar-refractivity contribution in [1.82, 2.24) is 5.32 Å². The van der Waals surface area contributed by atoms with Crippen molar-refractivity contribution >= 4 is 23.1 Å². The lowest BCUT2D eigenvalue weighted by atomic mass is 9.97. The molecule has 0 heterocycles. The summed E-state index contributed by atoms with van der Waals surface area (Å²) >= 11 is 5.13. The highest BCUT2D eigenvalue weighted by Crippen LogP contribution is 2.30. The second-order valence-electron chi connectivity index (χ2n) is 5.19. The lowest BCUT2D eigenvalue weighted by Gasteiger charge is -2.29. The Morgan fingerprint density at radius 3 is 2.47 bits per heavy atom. The highest BCUT2D eigenvalue weighted by molar-refractivity contribution is 7.80. The van der Waals surface area contributed by atoms with E-state index in [-0.39, 0.29) is 5.91 Å². The van der Waals surface area contributed by atoms with E-state index >= 15 is 0 Å². The number of amides is 1. The van der Waals surface area contributed by atoms with Crippen LogP contribution < -0.4 is 11.1 Å². The second kappa shape index (κ2) is 6.15. The molecule has 3 nitrogen and oxygen atoms in total. The van der Waals surface area contributed by atoms with E-state index in [0.29, 0.717) is 11.4 Å². The summed E-state index contributed by atoms with van der Waals surface area (Å²) < 4.78 is 0. The fourth-order valence-corrected chi connectivity index (χ4v) is 2.90. The Balaban J connectivity index is 1.88. The van der Waals surface area contributed by atoms with Crippen LogP contribution in [0.2, 0.25) is 0 Å². The molecule has 0 aliphatic heterocycles. The van der Waals surface area contributed by atoms with E-state index in [1.165, 1.54) is 5.56 Å². The molecule has 0 bridgehead atoms. The normalized spacial score (nSPS) is 17.1. The van der Waals surface area contributed by atoms with Crippen molar-refractivity contribution in [3.05, 3.63) is 35.9 Å². The Morgan fingerprint density at radius 2 is 1.89 bits per heavy atom. The molecular formula is C15H20N2OS. The van der Waals surface area contributed by atoms with Crippen LogP contribution in [-0.4, -0.2) is 16.4 Å². The van der Waals surface area contributed by atoms with Crippen molar-refractivity contribution in [2.24, 2.45) is 5.73 Å². The van der Waals surface area contributed by atoms with Gasteiger partial charge in [-0.1, -0.05) is 55.4 Å². The minimum absolute atomic E-state index is 0.0403. The van der Waals surface area contributed by atoms with Crippen molar-refractivity contribution in [3.8, 4) is 0 Å². The maximum absolute atomic E-state index is 12.1. The van der Waals surface area contributed by atoms with Crippen LogP contribution >= 0.6 is 12.2 Å². The molecule has 102 valence electrons. The summed E-state index contributed by atoms with van der Waals surface area (Å²) in [4.78, 5) is 12.5. The lowest BCUT2D eigenvalue weighted by Crippen LogP contribution is -2.54. The Hall–Kier alpha value is -1.42. The van der Waals surface area contributed by atoms with Gasteiger partial charge in [0.2, 0.25) is 5.91 Å². The van der Waals surface area contributed by atoms with E-state index in [9.17, 15) is 4.79 Å². The molecule has 0 unspecified atom stereocenters. The fourth-order valence-electron chi connectivity index (χ4n) is 2.64. The van der Waals surface area contributed by atoms with Crippen molar-refractivity contribution in [2.75, 3.05) is 0 Å². The number of rotatable bonds is 5. The van der Waals surface area contributed by atoms with E-state index in [0.717, 1.165) is 32.1 Å². The third kappa shape index (κ3) is 3.53. The van der Waals surface area contributed by atoms with Gasteiger partial charge in [0.05, 0.1) is 10.5 Å². The van der Waals surface area contributed by atoms with Crippen molar-refractivity contribution in [2.45, 2.75) is 44.1 Å². The molecule has 1 saturated carbocycles. The first kappa shape index (κ1) is 14.0. The average molecular weight is 276 g/mol. The van der Waals surface area contributed by atoms with E-state index < -0.39 is 5.54 Å². The van der Waals surface area contributed by atoms with Gasteiger partial charge < -0.3 is 11.1 Å². The number of thiocarbonyl (C=S) groups is 1. The van der Waals surface area contributed by atoms with Crippen LogP contribution in [0.3, 0.4) is 0 Å². The predicted molar refractivity (Wildman–Crippen MR) is 80.9 cm³/mol. The summed E-state index contributed by atoms with van der Waals surface area (Å²) in [6.07, 6.45) is 5.14. The average Bonchev–Trinajstić information content (AvgIpc) is 2.87. The van der Waals surface area contributed by atoms with Crippen molar-refractivity contribution in [1.29, 1.82) is 0 Å². The summed E-state index contributed by atoms with van der Waals surface area (Å²) in [6, 6.07) is 10.0. The van der Waals surface area contributed by atoms with Crippen LogP contribution in [0.4, 0.5) is 0 Å². The molecule has 3 N–H and O–H groups in total. The minimum atomic E-state index is -0.427. The van der Waals surface area contributed by atoms with Gasteiger partial charge in [-0.15, -0.1) is 0 Å². The van der Waals surface area contributed by atoms with Gasteiger partial charge in [-0.05, 0) is 24.8 Å². The quantitative estimate of drug-likeness (QED) is 0.812. The number of nitrogens with two attached hydrogens (primary N) is 1. The van der Waals surface area contributed by atoms with Crippen LogP contribution in [-0.2, 0) is 11.2 Å². The zero-order valence-corrected chi connectivity index (χ0v) is 11.8. The molecule has 19 heavy (non-hydrogen) atoms. The summed E-state index contributed by atoms with van der Waals surface area (Å²) in [5, 5.41) is 3.06. The standard InChI is InChI=1S/C15H20N2OS/c16-14(19)15(10-4-5-11-15)17-13(18)9-8-12-6-2-1-3-7-12/h1-3,6-7H,4-5,8-11H2,(H2,16,19)(H,17,18). The van der Waals surface area contributed by atoms with Gasteiger partial charge >= 0.3 is 0 Å². The maximum Gasteiger partial charge on any atom is 0.221 e. The maximum atomic E-state index is 12.1. The monoisotopic (exact) mass is 276 g/mol. The highest BCUT2D eigenvalue weighted by atomic mass is 32.1. The van der Waals surface area contributed by atoms with E-state index in [2.05, 4.69) is 5.32 Å². The molecule has 0 saturated heterocycles. The van der Waals surface area contributed by atoms with Crippen molar-refractivity contribution < 1.29 is 4.79 Å². The minimum Gasteiger partial charge on any atom is -0.391 e. The summed E-state index contributed by atoms with van der Waals surface area (Å²) in [5.74, 6) is 0.0403. The zero-order chi connectivity index (χ0) is 13.7. The van der Waals surface area contributed by atoms with Gasteiger partial charge in [-0.25, -0.2) is 0 Å². The van der Waals surface area contributed by atoms with Crippen molar-refractivity contribution in [3.63, 3.8) is 0 Å². The molecule has 1 aliphatic rings. The Labute approximate surface area is 119 Å². The van der Waals surface area contributed by atoms with Crippen LogP contribution in [0.25, 0.3) is 0 Å². The molecule has 0 spiro atoms. The first-order chi connectivity index (χ1) is 9.12. The molecule has 0 atom stereocenters. The number of hydrogen-bond donors (Lipinski definition) is 2. The summed E-state index contributed by atoms with van der Waals surface area (Å²) in [6.45, 7) is 0. The van der Waals surface area contributed by atoms with E-state index in [4.69, 9.17) is 18.0 Å². The topological polar surface area (TPSA) is 55.1 Å². The van der Waals surface area contributed by atoms with E-state index in [1.54, 1.807) is 0 Å². The Bertz CT molecular complexity index is 452. The van der Waals surface area contributed by atoms with Crippen LogP contribution in [0.15, 0.2) is 30.3 Å². The lowest BCUT2D eigenvalue weighted by molar-refractivity contribution is -0.122. The fraction of sp³-hybridized carbons (Fsp3) is 0.467. The van der Waals surface area contributed by atoms with Crippen LogP contribution in [0.5, 0.6) is 0 Å². The van der Waals surface area contributed by atoms with Gasteiger partial charge in [-0.2, -0.15) is 0 Å². The molecular weight excluding hydrogens is 256 g/mol. The Morgan fingerprint density at radius 1 is 1.26 bits per heavy atom. The molecule has 1 aromatic rings. The molecule has 0 aromatic heterocycles. The molecule has 4 heteroatoms. The van der Waals surface area contributed by atoms with Gasteiger partial charge in [-0.3, -0.25) is 4.79 Å².